The number of aromatic nitrogens is 3. The van der Waals surface area contributed by atoms with Crippen LogP contribution in [0.25, 0.3) is 11.5 Å². The fourth-order valence-corrected chi connectivity index (χ4v) is 1.98. The second-order valence-corrected chi connectivity index (χ2v) is 4.79. The maximum Gasteiger partial charge on any atom is 0.229 e. The third kappa shape index (κ3) is 2.26. The Morgan fingerprint density at radius 1 is 1.50 bits per heavy atom. The van der Waals surface area contributed by atoms with Crippen molar-refractivity contribution in [1.29, 1.82) is 0 Å². The molecule has 5 heteroatoms. The zero-order valence-corrected chi connectivity index (χ0v) is 10.2. The van der Waals surface area contributed by atoms with E-state index in [1.165, 1.54) is 0 Å². The van der Waals surface area contributed by atoms with Crippen LogP contribution in [-0.4, -0.2) is 26.3 Å². The number of pyridine rings is 1. The summed E-state index contributed by atoms with van der Waals surface area (Å²) in [4.78, 5) is 8.53. The van der Waals surface area contributed by atoms with Gasteiger partial charge in [-0.25, -0.2) is 0 Å². The molecule has 1 aliphatic carbocycles. The maximum absolute atomic E-state index is 9.83. The molecule has 0 radical (unpaired) electrons. The predicted octanol–water partition coefficient (Wildman–Crippen LogP) is 1.75. The molecule has 1 N–H and O–H groups in total. The van der Waals surface area contributed by atoms with Crippen molar-refractivity contribution in [3.8, 4) is 11.5 Å². The first-order valence-corrected chi connectivity index (χ1v) is 6.16. The molecule has 1 unspecified atom stereocenters. The van der Waals surface area contributed by atoms with Crippen LogP contribution < -0.4 is 0 Å². The summed E-state index contributed by atoms with van der Waals surface area (Å²) in [5.74, 6) is 1.39. The molecule has 0 aromatic carbocycles. The second-order valence-electron chi connectivity index (χ2n) is 4.79. The van der Waals surface area contributed by atoms with Gasteiger partial charge in [0, 0.05) is 6.20 Å². The van der Waals surface area contributed by atoms with Gasteiger partial charge in [-0.05, 0) is 37.3 Å². The summed E-state index contributed by atoms with van der Waals surface area (Å²) in [7, 11) is 0. The second kappa shape index (κ2) is 4.49. The summed E-state index contributed by atoms with van der Waals surface area (Å²) in [6.07, 6.45) is 3.98. The van der Waals surface area contributed by atoms with Crippen LogP contribution >= 0.6 is 0 Å². The van der Waals surface area contributed by atoms with E-state index in [-0.39, 0.29) is 6.10 Å². The fourth-order valence-electron chi connectivity index (χ4n) is 1.98. The Labute approximate surface area is 105 Å². The van der Waals surface area contributed by atoms with Crippen LogP contribution in [0.15, 0.2) is 22.9 Å². The Morgan fingerprint density at radius 3 is 3.06 bits per heavy atom. The lowest BCUT2D eigenvalue weighted by Crippen LogP contribution is -2.12. The molecule has 1 aliphatic rings. The van der Waals surface area contributed by atoms with E-state index < -0.39 is 0 Å². The minimum Gasteiger partial charge on any atom is -0.392 e. The molecule has 1 fully saturated rings. The van der Waals surface area contributed by atoms with E-state index in [0.717, 1.165) is 24.1 Å². The van der Waals surface area contributed by atoms with Crippen LogP contribution in [0, 0.1) is 12.8 Å². The highest BCUT2D eigenvalue weighted by Gasteiger charge is 2.31. The Kier molecular flexibility index (Phi) is 2.83. The van der Waals surface area contributed by atoms with Crippen molar-refractivity contribution in [2.24, 2.45) is 5.92 Å². The molecule has 0 spiro atoms. The quantitative estimate of drug-likeness (QED) is 0.888. The molecule has 2 heterocycles. The molecule has 1 saturated carbocycles. The first-order valence-electron chi connectivity index (χ1n) is 6.16. The third-order valence-corrected chi connectivity index (χ3v) is 3.24. The summed E-state index contributed by atoms with van der Waals surface area (Å²) in [6.45, 7) is 1.96. The summed E-state index contributed by atoms with van der Waals surface area (Å²) >= 11 is 0. The number of aryl methyl sites for hydroxylation is 1. The topological polar surface area (TPSA) is 72.0 Å². The van der Waals surface area contributed by atoms with Crippen LogP contribution in [-0.2, 0) is 6.42 Å². The van der Waals surface area contributed by atoms with Crippen molar-refractivity contribution in [2.75, 3.05) is 0 Å². The Bertz CT molecular complexity index is 549. The Hall–Kier alpha value is -1.75. The highest BCUT2D eigenvalue weighted by molar-refractivity contribution is 5.53. The van der Waals surface area contributed by atoms with Crippen molar-refractivity contribution in [2.45, 2.75) is 32.3 Å². The average Bonchev–Trinajstić information content (AvgIpc) is 3.12. The van der Waals surface area contributed by atoms with Crippen LogP contribution in [0.2, 0.25) is 0 Å². The van der Waals surface area contributed by atoms with Crippen molar-refractivity contribution >= 4 is 0 Å². The third-order valence-electron chi connectivity index (χ3n) is 3.24. The molecule has 1 atom stereocenters. The predicted molar refractivity (Wildman–Crippen MR) is 64.7 cm³/mol. The van der Waals surface area contributed by atoms with Gasteiger partial charge in [0.25, 0.3) is 0 Å². The van der Waals surface area contributed by atoms with E-state index in [4.69, 9.17) is 4.52 Å². The molecule has 2 aromatic heterocycles. The summed E-state index contributed by atoms with van der Waals surface area (Å²) in [6, 6.07) is 3.83. The van der Waals surface area contributed by atoms with Gasteiger partial charge in [-0.3, -0.25) is 4.98 Å². The molecule has 2 aromatic rings. The van der Waals surface area contributed by atoms with Crippen LogP contribution in [0.3, 0.4) is 0 Å². The molecule has 0 amide bonds. The van der Waals surface area contributed by atoms with E-state index in [1.54, 1.807) is 6.20 Å². The first-order chi connectivity index (χ1) is 8.74. The highest BCUT2D eigenvalue weighted by atomic mass is 16.5. The van der Waals surface area contributed by atoms with Gasteiger partial charge in [0.15, 0.2) is 0 Å². The minimum absolute atomic E-state index is 0.358. The lowest BCUT2D eigenvalue weighted by atomic mass is 10.1. The average molecular weight is 245 g/mol. The van der Waals surface area contributed by atoms with Crippen LogP contribution in [0.5, 0.6) is 0 Å². The van der Waals surface area contributed by atoms with Gasteiger partial charge in [0.2, 0.25) is 11.7 Å². The molecular formula is C13H15N3O2. The molecule has 0 aliphatic heterocycles. The molecule has 0 bridgehead atoms. The molecule has 94 valence electrons. The Balaban J connectivity index is 1.78. The standard InChI is InChI=1S/C13H15N3O2/c1-8-3-2-6-14-12(8)13-15-11(18-16-13)7-10(17)9-4-5-9/h2-3,6,9-10,17H,4-5,7H2,1H3. The fraction of sp³-hybridized carbons (Fsp3) is 0.462. The van der Waals surface area contributed by atoms with Gasteiger partial charge in [0.05, 0.1) is 12.5 Å². The van der Waals surface area contributed by atoms with Crippen molar-refractivity contribution < 1.29 is 9.63 Å². The Morgan fingerprint density at radius 2 is 2.33 bits per heavy atom. The van der Waals surface area contributed by atoms with Gasteiger partial charge >= 0.3 is 0 Å². The molecule has 18 heavy (non-hydrogen) atoms. The summed E-state index contributed by atoms with van der Waals surface area (Å²) in [5.41, 5.74) is 1.74. The highest BCUT2D eigenvalue weighted by Crippen LogP contribution is 2.33. The number of hydrogen-bond donors (Lipinski definition) is 1. The van der Waals surface area contributed by atoms with Gasteiger partial charge in [-0.1, -0.05) is 11.2 Å². The molecule has 3 rings (SSSR count). The SMILES string of the molecule is Cc1cccnc1-c1noc(CC(O)C2CC2)n1. The molecular weight excluding hydrogens is 230 g/mol. The largest absolute Gasteiger partial charge is 0.392 e. The van der Waals surface area contributed by atoms with Gasteiger partial charge < -0.3 is 9.63 Å². The lowest BCUT2D eigenvalue weighted by Gasteiger charge is -2.03. The van der Waals surface area contributed by atoms with Crippen molar-refractivity contribution in [3.05, 3.63) is 29.8 Å². The lowest BCUT2D eigenvalue weighted by molar-refractivity contribution is 0.140. The maximum atomic E-state index is 9.83. The molecule has 0 saturated heterocycles. The monoisotopic (exact) mass is 245 g/mol. The number of hydrogen-bond acceptors (Lipinski definition) is 5. The molecule has 5 nitrogen and oxygen atoms in total. The summed E-state index contributed by atoms with van der Waals surface area (Å²) < 4.78 is 5.16. The number of aliphatic hydroxyl groups excluding tert-OH is 1. The van der Waals surface area contributed by atoms with Gasteiger partial charge in [-0.15, -0.1) is 0 Å². The smallest absolute Gasteiger partial charge is 0.229 e. The van der Waals surface area contributed by atoms with E-state index in [9.17, 15) is 5.11 Å². The summed E-state index contributed by atoms with van der Waals surface area (Å²) in [5, 5.41) is 13.8. The van der Waals surface area contributed by atoms with Crippen molar-refractivity contribution in [3.63, 3.8) is 0 Å². The van der Waals surface area contributed by atoms with Gasteiger partial charge in [-0.2, -0.15) is 4.98 Å². The number of nitrogens with zero attached hydrogens (tertiary/aromatic N) is 3. The zero-order valence-electron chi connectivity index (χ0n) is 10.2. The van der Waals surface area contributed by atoms with Crippen LogP contribution in [0.4, 0.5) is 0 Å². The van der Waals surface area contributed by atoms with Crippen molar-refractivity contribution in [1.82, 2.24) is 15.1 Å². The van der Waals surface area contributed by atoms with Crippen LogP contribution in [0.1, 0.15) is 24.3 Å². The van der Waals surface area contributed by atoms with E-state index >= 15 is 0 Å². The van der Waals surface area contributed by atoms with E-state index in [1.807, 2.05) is 19.1 Å². The normalized spacial score (nSPS) is 16.8. The van der Waals surface area contributed by atoms with Gasteiger partial charge in [0.1, 0.15) is 5.69 Å². The van der Waals surface area contributed by atoms with E-state index in [2.05, 4.69) is 15.1 Å². The minimum atomic E-state index is -0.358. The number of rotatable bonds is 4. The van der Waals surface area contributed by atoms with E-state index in [0.29, 0.717) is 24.1 Å². The number of aliphatic hydroxyl groups is 1. The first kappa shape index (κ1) is 11.3. The zero-order chi connectivity index (χ0) is 12.5.